The molecule has 1 heterocycles. The normalized spacial score (nSPS) is 19.3. The van der Waals surface area contributed by atoms with Crippen LogP contribution in [0.4, 0.5) is 4.39 Å². The maximum Gasteiger partial charge on any atom is 0.132 e. The van der Waals surface area contributed by atoms with Gasteiger partial charge in [0.25, 0.3) is 0 Å². The maximum absolute atomic E-state index is 14.4. The van der Waals surface area contributed by atoms with E-state index < -0.39 is 18.0 Å². The molecule has 3 rings (SSSR count). The molecule has 2 aromatic carbocycles. The van der Waals surface area contributed by atoms with Crippen LogP contribution in [0.15, 0.2) is 36.4 Å². The van der Waals surface area contributed by atoms with E-state index in [1.54, 1.807) is 24.3 Å². The topological polar surface area (TPSA) is 64.7 Å². The van der Waals surface area contributed by atoms with Crippen molar-refractivity contribution in [1.29, 1.82) is 0 Å². The lowest BCUT2D eigenvalue weighted by molar-refractivity contribution is 0.0677. The van der Waals surface area contributed by atoms with Gasteiger partial charge < -0.3 is 20.3 Å². The summed E-state index contributed by atoms with van der Waals surface area (Å²) in [6, 6.07) is 8.28. The highest BCUT2D eigenvalue weighted by Gasteiger charge is 2.23. The fourth-order valence-electron chi connectivity index (χ4n) is 2.90. The molecule has 0 saturated carbocycles. The molecule has 0 aliphatic carbocycles. The molecule has 0 spiro atoms. The number of halogens is 3. The molecule has 0 amide bonds. The number of benzene rings is 2. The summed E-state index contributed by atoms with van der Waals surface area (Å²) in [6.45, 7) is 1.12. The second-order valence-corrected chi connectivity index (χ2v) is 7.09. The molecule has 7 heteroatoms. The van der Waals surface area contributed by atoms with Crippen LogP contribution in [-0.2, 0) is 4.74 Å². The highest BCUT2D eigenvalue weighted by atomic mass is 35.5. The minimum absolute atomic E-state index is 0.0476. The van der Waals surface area contributed by atoms with Crippen molar-refractivity contribution in [3.05, 3.63) is 63.4 Å². The van der Waals surface area contributed by atoms with Gasteiger partial charge in [-0.15, -0.1) is 0 Å². The molecular weight excluding hydrogens is 380 g/mol. The van der Waals surface area contributed by atoms with Crippen molar-refractivity contribution in [2.45, 2.75) is 31.1 Å². The molecule has 140 valence electrons. The third kappa shape index (κ3) is 4.48. The van der Waals surface area contributed by atoms with Crippen LogP contribution in [0.3, 0.4) is 0 Å². The molecule has 0 radical (unpaired) electrons. The Balaban J connectivity index is 1.69. The Morgan fingerprint density at radius 2 is 2.04 bits per heavy atom. The summed E-state index contributed by atoms with van der Waals surface area (Å²) >= 11 is 11.9. The van der Waals surface area contributed by atoms with Gasteiger partial charge in [-0.1, -0.05) is 29.3 Å². The molecule has 3 N–H and O–H groups in total. The van der Waals surface area contributed by atoms with Crippen molar-refractivity contribution >= 4 is 23.2 Å². The van der Waals surface area contributed by atoms with E-state index in [9.17, 15) is 9.50 Å². The van der Waals surface area contributed by atoms with E-state index in [2.05, 4.69) is 0 Å². The maximum atomic E-state index is 14.4. The Kier molecular flexibility index (Phi) is 6.37. The van der Waals surface area contributed by atoms with Crippen molar-refractivity contribution in [2.75, 3.05) is 13.2 Å². The van der Waals surface area contributed by atoms with Crippen LogP contribution in [0, 0.1) is 5.82 Å². The van der Waals surface area contributed by atoms with Crippen LogP contribution in [0.5, 0.6) is 5.75 Å². The molecule has 0 aromatic heterocycles. The van der Waals surface area contributed by atoms with Gasteiger partial charge in [-0.25, -0.2) is 4.39 Å². The number of aliphatic hydroxyl groups is 1. The van der Waals surface area contributed by atoms with Gasteiger partial charge in [0.15, 0.2) is 0 Å². The minimum atomic E-state index is -1.24. The van der Waals surface area contributed by atoms with Gasteiger partial charge in [-0.05, 0) is 42.7 Å². The highest BCUT2D eigenvalue weighted by molar-refractivity contribution is 6.42. The van der Waals surface area contributed by atoms with Crippen LogP contribution < -0.4 is 10.5 Å². The Hall–Kier alpha value is -1.37. The predicted molar refractivity (Wildman–Crippen MR) is 99.2 cm³/mol. The largest absolute Gasteiger partial charge is 0.491 e. The molecule has 1 unspecified atom stereocenters. The number of rotatable bonds is 6. The average Bonchev–Trinajstić information content (AvgIpc) is 3.15. The first-order chi connectivity index (χ1) is 12.5. The summed E-state index contributed by atoms with van der Waals surface area (Å²) in [4.78, 5) is 0. The molecule has 4 nitrogen and oxygen atoms in total. The quantitative estimate of drug-likeness (QED) is 0.754. The van der Waals surface area contributed by atoms with E-state index in [1.165, 1.54) is 12.1 Å². The summed E-state index contributed by atoms with van der Waals surface area (Å²) in [5, 5.41) is 11.2. The van der Waals surface area contributed by atoms with Crippen molar-refractivity contribution in [3.63, 3.8) is 0 Å². The lowest BCUT2D eigenvalue weighted by Gasteiger charge is -2.21. The zero-order valence-electron chi connectivity index (χ0n) is 14.0. The Bertz CT molecular complexity index is 768. The van der Waals surface area contributed by atoms with Gasteiger partial charge in [0, 0.05) is 18.2 Å². The summed E-state index contributed by atoms with van der Waals surface area (Å²) in [5.74, 6) is -0.199. The SMILES string of the molecule is N[C@@H](c1ccc(Cl)c(Cl)c1)[C@H](O)c1ccc(OCC2CCCO2)cc1F. The first-order valence-corrected chi connectivity index (χ1v) is 9.13. The predicted octanol–water partition coefficient (Wildman–Crippen LogP) is 4.42. The lowest BCUT2D eigenvalue weighted by Crippen LogP contribution is -2.21. The third-order valence-corrected chi connectivity index (χ3v) is 5.16. The van der Waals surface area contributed by atoms with E-state index in [1.807, 2.05) is 0 Å². The fourth-order valence-corrected chi connectivity index (χ4v) is 3.20. The number of hydrogen-bond donors (Lipinski definition) is 2. The molecule has 2 aromatic rings. The van der Waals surface area contributed by atoms with E-state index in [-0.39, 0.29) is 11.7 Å². The molecule has 0 bridgehead atoms. The van der Waals surface area contributed by atoms with Crippen LogP contribution in [0.2, 0.25) is 10.0 Å². The first kappa shape index (κ1) is 19.4. The Labute approximate surface area is 161 Å². The standard InChI is InChI=1S/C19H20Cl2FNO3/c20-15-6-3-11(8-16(15)21)18(23)19(24)14-5-4-12(9-17(14)22)26-10-13-2-1-7-25-13/h3-6,8-9,13,18-19,24H,1-2,7,10,23H2/t13?,18-,19+/m0/s1. The molecular formula is C19H20Cl2FNO3. The van der Waals surface area contributed by atoms with Crippen LogP contribution in [0.25, 0.3) is 0 Å². The van der Waals surface area contributed by atoms with Gasteiger partial charge in [0.1, 0.15) is 24.3 Å². The van der Waals surface area contributed by atoms with Gasteiger partial charge in [0.2, 0.25) is 0 Å². The first-order valence-electron chi connectivity index (χ1n) is 8.38. The molecule has 1 fully saturated rings. The monoisotopic (exact) mass is 399 g/mol. The second kappa shape index (κ2) is 8.55. The number of hydrogen-bond acceptors (Lipinski definition) is 4. The summed E-state index contributed by atoms with van der Waals surface area (Å²) in [6.07, 6.45) is 0.767. The van der Waals surface area contributed by atoms with Crippen molar-refractivity contribution in [2.24, 2.45) is 5.73 Å². The fraction of sp³-hybridized carbons (Fsp3) is 0.368. The number of aliphatic hydroxyl groups excluding tert-OH is 1. The molecule has 1 aliphatic rings. The third-order valence-electron chi connectivity index (χ3n) is 4.42. The van der Waals surface area contributed by atoms with E-state index in [0.29, 0.717) is 28.0 Å². The minimum Gasteiger partial charge on any atom is -0.491 e. The van der Waals surface area contributed by atoms with Crippen LogP contribution >= 0.6 is 23.2 Å². The van der Waals surface area contributed by atoms with Crippen molar-refractivity contribution in [1.82, 2.24) is 0 Å². The number of ether oxygens (including phenoxy) is 2. The summed E-state index contributed by atoms with van der Waals surface area (Å²) < 4.78 is 25.5. The smallest absolute Gasteiger partial charge is 0.132 e. The van der Waals surface area contributed by atoms with Crippen molar-refractivity contribution < 1.29 is 19.0 Å². The second-order valence-electron chi connectivity index (χ2n) is 6.27. The van der Waals surface area contributed by atoms with Gasteiger partial charge in [-0.2, -0.15) is 0 Å². The van der Waals surface area contributed by atoms with E-state index in [0.717, 1.165) is 19.4 Å². The van der Waals surface area contributed by atoms with Crippen LogP contribution in [-0.4, -0.2) is 24.4 Å². The van der Waals surface area contributed by atoms with Crippen LogP contribution in [0.1, 0.15) is 36.1 Å². The highest BCUT2D eigenvalue weighted by Crippen LogP contribution is 2.33. The summed E-state index contributed by atoms with van der Waals surface area (Å²) in [7, 11) is 0. The molecule has 26 heavy (non-hydrogen) atoms. The summed E-state index contributed by atoms with van der Waals surface area (Å²) in [5.41, 5.74) is 6.72. The molecule has 3 atom stereocenters. The van der Waals surface area contributed by atoms with E-state index >= 15 is 0 Å². The Morgan fingerprint density at radius 1 is 1.23 bits per heavy atom. The average molecular weight is 400 g/mol. The molecule has 1 saturated heterocycles. The zero-order chi connectivity index (χ0) is 18.7. The van der Waals surface area contributed by atoms with Gasteiger partial charge in [-0.3, -0.25) is 0 Å². The lowest BCUT2D eigenvalue weighted by atomic mass is 9.96. The van der Waals surface area contributed by atoms with Gasteiger partial charge in [0.05, 0.1) is 22.2 Å². The van der Waals surface area contributed by atoms with E-state index in [4.69, 9.17) is 38.4 Å². The Morgan fingerprint density at radius 3 is 2.69 bits per heavy atom. The van der Waals surface area contributed by atoms with Crippen molar-refractivity contribution in [3.8, 4) is 5.75 Å². The number of nitrogens with two attached hydrogens (primary N) is 1. The zero-order valence-corrected chi connectivity index (χ0v) is 15.5. The molecule has 1 aliphatic heterocycles. The van der Waals surface area contributed by atoms with Gasteiger partial charge >= 0.3 is 0 Å².